The van der Waals surface area contributed by atoms with Crippen molar-refractivity contribution in [1.82, 2.24) is 5.32 Å². The van der Waals surface area contributed by atoms with Gasteiger partial charge in [-0.05, 0) is 55.8 Å². The Labute approximate surface area is 109 Å². The van der Waals surface area contributed by atoms with Crippen LogP contribution in [0.25, 0.3) is 0 Å². The highest BCUT2D eigenvalue weighted by Crippen LogP contribution is 2.23. The molecule has 0 bridgehead atoms. The van der Waals surface area contributed by atoms with Gasteiger partial charge in [0.2, 0.25) is 0 Å². The van der Waals surface area contributed by atoms with Crippen molar-refractivity contribution >= 4 is 0 Å². The van der Waals surface area contributed by atoms with Crippen molar-refractivity contribution in [2.45, 2.75) is 38.3 Å². The molecule has 0 aromatic heterocycles. The molecule has 3 heteroatoms. The van der Waals surface area contributed by atoms with Gasteiger partial charge in [-0.1, -0.05) is 12.1 Å². The molecule has 1 fully saturated rings. The zero-order valence-corrected chi connectivity index (χ0v) is 11.1. The first-order valence-corrected chi connectivity index (χ1v) is 6.79. The molecule has 1 aromatic carbocycles. The Morgan fingerprint density at radius 3 is 2.44 bits per heavy atom. The van der Waals surface area contributed by atoms with Gasteiger partial charge >= 0.3 is 0 Å². The van der Waals surface area contributed by atoms with Gasteiger partial charge in [-0.2, -0.15) is 0 Å². The van der Waals surface area contributed by atoms with E-state index in [1.807, 2.05) is 12.1 Å². The molecule has 0 unspecified atom stereocenters. The molecule has 0 amide bonds. The summed E-state index contributed by atoms with van der Waals surface area (Å²) in [6, 6.07) is 8.18. The third kappa shape index (κ3) is 4.00. The van der Waals surface area contributed by atoms with Gasteiger partial charge in [0.05, 0.1) is 13.2 Å². The third-order valence-electron chi connectivity index (χ3n) is 3.74. The summed E-state index contributed by atoms with van der Waals surface area (Å²) in [6.45, 7) is 1.96. The van der Waals surface area contributed by atoms with Crippen molar-refractivity contribution in [1.29, 1.82) is 0 Å². The zero-order valence-electron chi connectivity index (χ0n) is 11.1. The lowest BCUT2D eigenvalue weighted by Crippen LogP contribution is -2.27. The molecule has 18 heavy (non-hydrogen) atoms. The zero-order chi connectivity index (χ0) is 12.8. The maximum absolute atomic E-state index is 9.45. The highest BCUT2D eigenvalue weighted by Gasteiger charge is 2.18. The van der Waals surface area contributed by atoms with E-state index in [1.165, 1.54) is 5.56 Å². The van der Waals surface area contributed by atoms with Crippen LogP contribution in [0.2, 0.25) is 0 Å². The number of benzene rings is 1. The average Bonchev–Trinajstić information content (AvgIpc) is 2.42. The van der Waals surface area contributed by atoms with Gasteiger partial charge in [0.1, 0.15) is 5.75 Å². The highest BCUT2D eigenvalue weighted by atomic mass is 16.5. The van der Waals surface area contributed by atoms with Crippen LogP contribution in [0.5, 0.6) is 5.75 Å². The lowest BCUT2D eigenvalue weighted by atomic mass is 9.87. The molecular weight excluding hydrogens is 226 g/mol. The molecule has 2 rings (SSSR count). The summed E-state index contributed by atoms with van der Waals surface area (Å²) in [4.78, 5) is 0. The molecule has 0 aliphatic heterocycles. The quantitative estimate of drug-likeness (QED) is 0.841. The van der Waals surface area contributed by atoms with E-state index >= 15 is 0 Å². The Hall–Kier alpha value is -1.06. The molecule has 0 saturated heterocycles. The minimum Gasteiger partial charge on any atom is -0.497 e. The van der Waals surface area contributed by atoms with Gasteiger partial charge in [0.25, 0.3) is 0 Å². The van der Waals surface area contributed by atoms with E-state index in [0.29, 0.717) is 0 Å². The smallest absolute Gasteiger partial charge is 0.118 e. The van der Waals surface area contributed by atoms with E-state index in [-0.39, 0.29) is 6.10 Å². The van der Waals surface area contributed by atoms with Crippen molar-refractivity contribution in [2.24, 2.45) is 5.92 Å². The number of hydrogen-bond donors (Lipinski definition) is 2. The first kappa shape index (κ1) is 13.4. The lowest BCUT2D eigenvalue weighted by molar-refractivity contribution is 0.108. The van der Waals surface area contributed by atoms with E-state index in [0.717, 1.165) is 50.4 Å². The first-order chi connectivity index (χ1) is 8.78. The van der Waals surface area contributed by atoms with Crippen LogP contribution in [0.3, 0.4) is 0 Å². The van der Waals surface area contributed by atoms with Crippen molar-refractivity contribution in [3.8, 4) is 5.75 Å². The molecule has 100 valence electrons. The van der Waals surface area contributed by atoms with Crippen molar-refractivity contribution in [2.75, 3.05) is 13.7 Å². The predicted octanol–water partition coefficient (Wildman–Crippen LogP) is 2.34. The molecule has 0 radical (unpaired) electrons. The number of methoxy groups -OCH3 is 1. The van der Waals surface area contributed by atoms with Crippen molar-refractivity contribution < 1.29 is 9.84 Å². The highest BCUT2D eigenvalue weighted by molar-refractivity contribution is 5.26. The molecule has 0 atom stereocenters. The summed E-state index contributed by atoms with van der Waals surface area (Å²) in [5.41, 5.74) is 1.28. The molecule has 1 aliphatic rings. The summed E-state index contributed by atoms with van der Waals surface area (Å²) in [7, 11) is 1.69. The van der Waals surface area contributed by atoms with Gasteiger partial charge in [-0.25, -0.2) is 0 Å². The molecule has 1 aliphatic carbocycles. The van der Waals surface area contributed by atoms with E-state index in [1.54, 1.807) is 7.11 Å². The minimum atomic E-state index is -0.0529. The van der Waals surface area contributed by atoms with Crippen LogP contribution < -0.4 is 10.1 Å². The van der Waals surface area contributed by atoms with Crippen molar-refractivity contribution in [3.05, 3.63) is 29.8 Å². The summed E-state index contributed by atoms with van der Waals surface area (Å²) in [5, 5.41) is 12.9. The van der Waals surface area contributed by atoms with Crippen LogP contribution in [0.15, 0.2) is 24.3 Å². The summed E-state index contributed by atoms with van der Waals surface area (Å²) in [5.74, 6) is 1.63. The van der Waals surface area contributed by atoms with Crippen LogP contribution in [0.4, 0.5) is 0 Å². The Bertz CT molecular complexity index is 342. The number of ether oxygens (including phenoxy) is 1. The van der Waals surface area contributed by atoms with E-state index in [9.17, 15) is 5.11 Å². The third-order valence-corrected chi connectivity index (χ3v) is 3.74. The van der Waals surface area contributed by atoms with Crippen LogP contribution in [0.1, 0.15) is 31.2 Å². The molecule has 0 spiro atoms. The Kier molecular flexibility index (Phi) is 5.02. The normalized spacial score (nSPS) is 23.9. The largest absolute Gasteiger partial charge is 0.497 e. The molecular formula is C15H23NO2. The first-order valence-electron chi connectivity index (χ1n) is 6.79. The van der Waals surface area contributed by atoms with Gasteiger partial charge < -0.3 is 15.2 Å². The number of nitrogens with one attached hydrogen (secondary N) is 1. The number of rotatable bonds is 5. The van der Waals surface area contributed by atoms with Crippen LogP contribution >= 0.6 is 0 Å². The number of aliphatic hydroxyl groups excluding tert-OH is 1. The maximum Gasteiger partial charge on any atom is 0.118 e. The van der Waals surface area contributed by atoms with E-state index in [2.05, 4.69) is 17.4 Å². The summed E-state index contributed by atoms with van der Waals surface area (Å²) in [6.07, 6.45) is 4.18. The second-order valence-electron chi connectivity index (χ2n) is 5.15. The molecule has 3 nitrogen and oxygen atoms in total. The topological polar surface area (TPSA) is 41.5 Å². The second-order valence-corrected chi connectivity index (χ2v) is 5.15. The van der Waals surface area contributed by atoms with Gasteiger partial charge in [0.15, 0.2) is 0 Å². The van der Waals surface area contributed by atoms with E-state index in [4.69, 9.17) is 4.74 Å². The molecule has 0 heterocycles. The molecule has 2 N–H and O–H groups in total. The lowest BCUT2D eigenvalue weighted by Gasteiger charge is -2.25. The van der Waals surface area contributed by atoms with Gasteiger partial charge in [-0.3, -0.25) is 0 Å². The Morgan fingerprint density at radius 1 is 1.17 bits per heavy atom. The fourth-order valence-electron chi connectivity index (χ4n) is 2.51. The summed E-state index contributed by atoms with van der Waals surface area (Å²) >= 11 is 0. The van der Waals surface area contributed by atoms with E-state index < -0.39 is 0 Å². The minimum absolute atomic E-state index is 0.0529. The summed E-state index contributed by atoms with van der Waals surface area (Å²) < 4.78 is 5.13. The maximum atomic E-state index is 9.45. The SMILES string of the molecule is COc1ccc(CNC[C@H]2CC[C@H](O)CC2)cc1. The fourth-order valence-corrected chi connectivity index (χ4v) is 2.51. The average molecular weight is 249 g/mol. The monoisotopic (exact) mass is 249 g/mol. The standard InChI is InChI=1S/C15H23NO2/c1-18-15-8-4-13(5-9-15)11-16-10-12-2-6-14(17)7-3-12/h4-5,8-9,12,14,16-17H,2-3,6-7,10-11H2,1H3/t12-,14-. The number of hydrogen-bond acceptors (Lipinski definition) is 3. The van der Waals surface area contributed by atoms with Crippen LogP contribution in [-0.2, 0) is 6.54 Å². The molecule has 1 aromatic rings. The van der Waals surface area contributed by atoms with Gasteiger partial charge in [0, 0.05) is 6.54 Å². The van der Waals surface area contributed by atoms with Gasteiger partial charge in [-0.15, -0.1) is 0 Å². The Balaban J connectivity index is 1.68. The Morgan fingerprint density at radius 2 is 1.83 bits per heavy atom. The molecule has 1 saturated carbocycles. The predicted molar refractivity (Wildman–Crippen MR) is 72.7 cm³/mol. The second kappa shape index (κ2) is 6.76. The fraction of sp³-hybridized carbons (Fsp3) is 0.600. The van der Waals surface area contributed by atoms with Crippen LogP contribution in [0, 0.1) is 5.92 Å². The van der Waals surface area contributed by atoms with Crippen molar-refractivity contribution in [3.63, 3.8) is 0 Å². The van der Waals surface area contributed by atoms with Crippen LogP contribution in [-0.4, -0.2) is 24.9 Å². The number of aliphatic hydroxyl groups is 1.